The van der Waals surface area contributed by atoms with Crippen molar-refractivity contribution in [1.29, 1.82) is 0 Å². The summed E-state index contributed by atoms with van der Waals surface area (Å²) in [4.78, 5) is 24.1. The molecule has 0 unspecified atom stereocenters. The summed E-state index contributed by atoms with van der Waals surface area (Å²) in [6.07, 6.45) is 0. The van der Waals surface area contributed by atoms with E-state index in [0.717, 1.165) is 22.4 Å². The van der Waals surface area contributed by atoms with Crippen LogP contribution < -0.4 is 25.4 Å². The fraction of sp³-hybridized carbons (Fsp3) is 0.333. The normalized spacial score (nSPS) is 10.5. The molecule has 2 rings (SSSR count). The van der Waals surface area contributed by atoms with Crippen molar-refractivity contribution in [2.45, 2.75) is 33.9 Å². The Hall–Kier alpha value is -3.36. The molecule has 30 heavy (non-hydrogen) atoms. The molecule has 0 aliphatic rings. The summed E-state index contributed by atoms with van der Waals surface area (Å²) in [6, 6.07) is 7.72. The average molecular weight is 421 g/mol. The number of amides is 3. The predicted octanol–water partition coefficient (Wildman–Crippen LogP) is 3.66. The maximum atomic E-state index is 12.4. The molecule has 0 atom stereocenters. The summed E-state index contributed by atoms with van der Waals surface area (Å²) >= 11 is 0. The highest BCUT2D eigenvalue weighted by molar-refractivity contribution is 5.95. The SMILES string of the molecule is COc1cc(CNC(=O)NCC(=O)Nc2c(C)cc(C)cc2C)ccc1OC(F)F. The number of rotatable bonds is 8. The van der Waals surface area contributed by atoms with Gasteiger partial charge in [0.25, 0.3) is 0 Å². The first-order valence-corrected chi connectivity index (χ1v) is 9.20. The van der Waals surface area contributed by atoms with E-state index in [0.29, 0.717) is 5.56 Å². The van der Waals surface area contributed by atoms with Crippen LogP contribution in [0.2, 0.25) is 0 Å². The Bertz CT molecular complexity index is 896. The molecule has 3 N–H and O–H groups in total. The lowest BCUT2D eigenvalue weighted by molar-refractivity contribution is -0.115. The fourth-order valence-corrected chi connectivity index (χ4v) is 2.98. The number of benzene rings is 2. The van der Waals surface area contributed by atoms with Crippen molar-refractivity contribution in [2.24, 2.45) is 0 Å². The van der Waals surface area contributed by atoms with Crippen molar-refractivity contribution in [2.75, 3.05) is 19.0 Å². The second-order valence-electron chi connectivity index (χ2n) is 6.72. The molecule has 0 radical (unpaired) electrons. The van der Waals surface area contributed by atoms with Crippen LogP contribution in [0.25, 0.3) is 0 Å². The number of hydrogen-bond donors (Lipinski definition) is 3. The van der Waals surface area contributed by atoms with Gasteiger partial charge in [0.05, 0.1) is 13.7 Å². The highest BCUT2D eigenvalue weighted by Crippen LogP contribution is 2.29. The monoisotopic (exact) mass is 421 g/mol. The first kappa shape index (κ1) is 22.9. The largest absolute Gasteiger partial charge is 0.493 e. The van der Waals surface area contributed by atoms with Crippen LogP contribution >= 0.6 is 0 Å². The number of hydrogen-bond acceptors (Lipinski definition) is 4. The van der Waals surface area contributed by atoms with E-state index in [1.807, 2.05) is 32.9 Å². The molecule has 0 saturated heterocycles. The second-order valence-corrected chi connectivity index (χ2v) is 6.72. The number of nitrogens with one attached hydrogen (secondary N) is 3. The topological polar surface area (TPSA) is 88.7 Å². The van der Waals surface area contributed by atoms with E-state index in [2.05, 4.69) is 20.7 Å². The van der Waals surface area contributed by atoms with Gasteiger partial charge in [0.2, 0.25) is 5.91 Å². The zero-order valence-electron chi connectivity index (χ0n) is 17.3. The molecule has 162 valence electrons. The second kappa shape index (κ2) is 10.4. The molecule has 7 nitrogen and oxygen atoms in total. The summed E-state index contributed by atoms with van der Waals surface area (Å²) in [5.74, 6) is -0.326. The molecule has 0 fully saturated rings. The van der Waals surface area contributed by atoms with Gasteiger partial charge < -0.3 is 25.4 Å². The summed E-state index contributed by atoms with van der Waals surface area (Å²) in [5, 5.41) is 7.86. The smallest absolute Gasteiger partial charge is 0.387 e. The van der Waals surface area contributed by atoms with Crippen LogP contribution in [-0.4, -0.2) is 32.2 Å². The number of methoxy groups -OCH3 is 1. The maximum absolute atomic E-state index is 12.4. The standard InChI is InChI=1S/C21H25F2N3O4/c1-12-7-13(2)19(14(3)8-12)26-18(27)11-25-21(28)24-10-15-5-6-16(30-20(22)23)17(9-15)29-4/h5-9,20H,10-11H2,1-4H3,(H,26,27)(H2,24,25,28). The van der Waals surface area contributed by atoms with Crippen molar-refractivity contribution in [3.63, 3.8) is 0 Å². The Morgan fingerprint density at radius 3 is 2.27 bits per heavy atom. The molecule has 0 aliphatic heterocycles. The number of urea groups is 1. The van der Waals surface area contributed by atoms with Gasteiger partial charge in [-0.25, -0.2) is 4.79 Å². The van der Waals surface area contributed by atoms with E-state index in [1.165, 1.54) is 25.3 Å². The minimum atomic E-state index is -2.97. The quantitative estimate of drug-likeness (QED) is 0.607. The Morgan fingerprint density at radius 1 is 1.00 bits per heavy atom. The van der Waals surface area contributed by atoms with Crippen molar-refractivity contribution in [3.05, 3.63) is 52.6 Å². The van der Waals surface area contributed by atoms with Crippen molar-refractivity contribution in [3.8, 4) is 11.5 Å². The van der Waals surface area contributed by atoms with Crippen LogP contribution in [0.15, 0.2) is 30.3 Å². The number of aryl methyl sites for hydroxylation is 3. The maximum Gasteiger partial charge on any atom is 0.387 e. The van der Waals surface area contributed by atoms with Gasteiger partial charge in [0.1, 0.15) is 0 Å². The lowest BCUT2D eigenvalue weighted by Gasteiger charge is -2.14. The van der Waals surface area contributed by atoms with Gasteiger partial charge in [0.15, 0.2) is 11.5 Å². The molecule has 0 aliphatic carbocycles. The molecule has 0 saturated carbocycles. The Balaban J connectivity index is 1.84. The molecular weight excluding hydrogens is 396 g/mol. The van der Waals surface area contributed by atoms with Crippen LogP contribution in [0.1, 0.15) is 22.3 Å². The summed E-state index contributed by atoms with van der Waals surface area (Å²) < 4.78 is 34.1. The van der Waals surface area contributed by atoms with Gasteiger partial charge in [-0.05, 0) is 49.6 Å². The molecular formula is C21H25F2N3O4. The highest BCUT2D eigenvalue weighted by Gasteiger charge is 2.12. The Morgan fingerprint density at radius 2 is 1.67 bits per heavy atom. The number of anilines is 1. The third-order valence-electron chi connectivity index (χ3n) is 4.25. The summed E-state index contributed by atoms with van der Waals surface area (Å²) in [6.45, 7) is 2.72. The zero-order valence-corrected chi connectivity index (χ0v) is 17.3. The first-order valence-electron chi connectivity index (χ1n) is 9.20. The molecule has 0 aromatic heterocycles. The minimum absolute atomic E-state index is 0.0981. The van der Waals surface area contributed by atoms with Crippen LogP contribution in [0.4, 0.5) is 19.3 Å². The molecule has 9 heteroatoms. The molecule has 3 amide bonds. The van der Waals surface area contributed by atoms with Crippen LogP contribution in [0.5, 0.6) is 11.5 Å². The van der Waals surface area contributed by atoms with Crippen LogP contribution in [-0.2, 0) is 11.3 Å². The third kappa shape index (κ3) is 6.61. The van der Waals surface area contributed by atoms with E-state index in [4.69, 9.17) is 4.74 Å². The van der Waals surface area contributed by atoms with Crippen molar-refractivity contribution in [1.82, 2.24) is 10.6 Å². The molecule has 0 spiro atoms. The van der Waals surface area contributed by atoms with Gasteiger partial charge in [-0.3, -0.25) is 4.79 Å². The van der Waals surface area contributed by atoms with E-state index in [9.17, 15) is 18.4 Å². The Kier molecular flexibility index (Phi) is 7.97. The lowest BCUT2D eigenvalue weighted by atomic mass is 10.1. The lowest BCUT2D eigenvalue weighted by Crippen LogP contribution is -2.39. The van der Waals surface area contributed by atoms with Crippen molar-refractivity contribution >= 4 is 17.6 Å². The van der Waals surface area contributed by atoms with Gasteiger partial charge in [-0.2, -0.15) is 8.78 Å². The number of ether oxygens (including phenoxy) is 2. The predicted molar refractivity (Wildman–Crippen MR) is 109 cm³/mol. The highest BCUT2D eigenvalue weighted by atomic mass is 19.3. The minimum Gasteiger partial charge on any atom is -0.493 e. The van der Waals surface area contributed by atoms with Gasteiger partial charge in [-0.15, -0.1) is 0 Å². The number of carbonyl (C=O) groups is 2. The number of carbonyl (C=O) groups excluding carboxylic acids is 2. The van der Waals surface area contributed by atoms with Crippen molar-refractivity contribution < 1.29 is 27.8 Å². The average Bonchev–Trinajstić information content (AvgIpc) is 2.67. The zero-order chi connectivity index (χ0) is 22.3. The third-order valence-corrected chi connectivity index (χ3v) is 4.25. The van der Waals surface area contributed by atoms with E-state index in [1.54, 1.807) is 0 Å². The van der Waals surface area contributed by atoms with E-state index in [-0.39, 0.29) is 30.5 Å². The van der Waals surface area contributed by atoms with Gasteiger partial charge in [-0.1, -0.05) is 23.8 Å². The van der Waals surface area contributed by atoms with E-state index < -0.39 is 12.6 Å². The van der Waals surface area contributed by atoms with Gasteiger partial charge in [0, 0.05) is 12.2 Å². The van der Waals surface area contributed by atoms with Crippen LogP contribution in [0.3, 0.4) is 0 Å². The van der Waals surface area contributed by atoms with Gasteiger partial charge >= 0.3 is 12.6 Å². The fourth-order valence-electron chi connectivity index (χ4n) is 2.98. The first-order chi connectivity index (χ1) is 14.2. The molecule has 2 aromatic carbocycles. The number of halogens is 2. The van der Waals surface area contributed by atoms with Crippen LogP contribution in [0, 0.1) is 20.8 Å². The van der Waals surface area contributed by atoms with E-state index >= 15 is 0 Å². The Labute approximate surface area is 173 Å². The summed E-state index contributed by atoms with van der Waals surface area (Å²) in [7, 11) is 1.33. The summed E-state index contributed by atoms with van der Waals surface area (Å²) in [5.41, 5.74) is 4.33. The molecule has 0 bridgehead atoms. The molecule has 2 aromatic rings. The molecule has 0 heterocycles. The number of alkyl halides is 2.